The summed E-state index contributed by atoms with van der Waals surface area (Å²) in [4.78, 5) is 15.9. The number of pyridine rings is 1. The zero-order chi connectivity index (χ0) is 14.4. The standard InChI is InChI=1S/C17H18N2O/c1-13-5-7-15(8-6-13)11-19-14(2)10-17(20)16-4-3-9-18-12-16/h3-10,12,19H,11H2,1-2H3/b14-10+. The minimum absolute atomic E-state index is 0.0352. The quantitative estimate of drug-likeness (QED) is 0.667. The highest BCUT2D eigenvalue weighted by atomic mass is 16.1. The number of aromatic nitrogens is 1. The van der Waals surface area contributed by atoms with Crippen LogP contribution >= 0.6 is 0 Å². The first-order chi connectivity index (χ1) is 9.65. The van der Waals surface area contributed by atoms with Gasteiger partial charge < -0.3 is 5.32 Å². The molecule has 102 valence electrons. The second kappa shape index (κ2) is 6.66. The van der Waals surface area contributed by atoms with Crippen molar-refractivity contribution in [2.24, 2.45) is 0 Å². The number of carbonyl (C=O) groups excluding carboxylic acids is 1. The number of carbonyl (C=O) groups is 1. The predicted octanol–water partition coefficient (Wildman–Crippen LogP) is 3.27. The minimum Gasteiger partial charge on any atom is -0.384 e. The van der Waals surface area contributed by atoms with Crippen LogP contribution in [0.2, 0.25) is 0 Å². The summed E-state index contributed by atoms with van der Waals surface area (Å²) in [6.45, 7) is 4.67. The van der Waals surface area contributed by atoms with Gasteiger partial charge in [0.05, 0.1) is 0 Å². The van der Waals surface area contributed by atoms with Crippen molar-refractivity contribution < 1.29 is 4.79 Å². The fraction of sp³-hybridized carbons (Fsp3) is 0.176. The van der Waals surface area contributed by atoms with Gasteiger partial charge in [-0.1, -0.05) is 29.8 Å². The van der Waals surface area contributed by atoms with Crippen molar-refractivity contribution in [2.45, 2.75) is 20.4 Å². The number of hydrogen-bond donors (Lipinski definition) is 1. The summed E-state index contributed by atoms with van der Waals surface area (Å²) >= 11 is 0. The molecule has 0 unspecified atom stereocenters. The first-order valence-corrected chi connectivity index (χ1v) is 6.57. The molecule has 0 aliphatic rings. The lowest BCUT2D eigenvalue weighted by molar-refractivity contribution is 0.104. The molecule has 0 radical (unpaired) electrons. The zero-order valence-electron chi connectivity index (χ0n) is 11.8. The molecule has 1 aromatic heterocycles. The predicted molar refractivity (Wildman–Crippen MR) is 80.3 cm³/mol. The summed E-state index contributed by atoms with van der Waals surface area (Å²) < 4.78 is 0. The van der Waals surface area contributed by atoms with Crippen LogP contribution in [0.1, 0.15) is 28.4 Å². The lowest BCUT2D eigenvalue weighted by Crippen LogP contribution is -2.12. The maximum Gasteiger partial charge on any atom is 0.189 e. The molecule has 0 saturated carbocycles. The molecular formula is C17H18N2O. The Labute approximate surface area is 119 Å². The summed E-state index contributed by atoms with van der Waals surface area (Å²) in [6, 6.07) is 11.8. The largest absolute Gasteiger partial charge is 0.384 e. The third kappa shape index (κ3) is 4.05. The number of ketones is 1. The summed E-state index contributed by atoms with van der Waals surface area (Å²) in [7, 11) is 0. The normalized spacial score (nSPS) is 11.2. The molecule has 0 fully saturated rings. The van der Waals surface area contributed by atoms with Gasteiger partial charge in [-0.15, -0.1) is 0 Å². The van der Waals surface area contributed by atoms with E-state index in [2.05, 4.69) is 41.5 Å². The fourth-order valence-electron chi connectivity index (χ4n) is 1.79. The van der Waals surface area contributed by atoms with Crippen LogP contribution < -0.4 is 5.32 Å². The first-order valence-electron chi connectivity index (χ1n) is 6.57. The molecule has 0 aliphatic heterocycles. The van der Waals surface area contributed by atoms with E-state index in [1.54, 1.807) is 30.6 Å². The maximum absolute atomic E-state index is 12.0. The van der Waals surface area contributed by atoms with Crippen molar-refractivity contribution in [3.8, 4) is 0 Å². The van der Waals surface area contributed by atoms with Gasteiger partial charge in [0.15, 0.2) is 5.78 Å². The molecule has 0 bridgehead atoms. The Bertz CT molecular complexity index is 601. The van der Waals surface area contributed by atoms with Gasteiger partial charge >= 0.3 is 0 Å². The van der Waals surface area contributed by atoms with Crippen LogP contribution in [-0.2, 0) is 6.54 Å². The van der Waals surface area contributed by atoms with Crippen LogP contribution in [0.5, 0.6) is 0 Å². The number of allylic oxidation sites excluding steroid dienone is 2. The second-order valence-corrected chi connectivity index (χ2v) is 4.77. The van der Waals surface area contributed by atoms with Crippen molar-refractivity contribution in [1.82, 2.24) is 10.3 Å². The van der Waals surface area contributed by atoms with E-state index in [0.29, 0.717) is 12.1 Å². The van der Waals surface area contributed by atoms with E-state index in [-0.39, 0.29) is 5.78 Å². The molecule has 20 heavy (non-hydrogen) atoms. The van der Waals surface area contributed by atoms with Gasteiger partial charge in [-0.05, 0) is 31.5 Å². The van der Waals surface area contributed by atoms with Gasteiger partial charge in [-0.2, -0.15) is 0 Å². The number of nitrogens with one attached hydrogen (secondary N) is 1. The molecule has 3 heteroatoms. The Morgan fingerprint density at radius 2 is 2.00 bits per heavy atom. The number of nitrogens with zero attached hydrogens (tertiary/aromatic N) is 1. The van der Waals surface area contributed by atoms with E-state index >= 15 is 0 Å². The first kappa shape index (κ1) is 14.0. The molecule has 2 rings (SSSR count). The molecule has 3 nitrogen and oxygen atoms in total. The summed E-state index contributed by atoms with van der Waals surface area (Å²) in [5, 5.41) is 3.24. The van der Waals surface area contributed by atoms with E-state index in [1.807, 2.05) is 6.92 Å². The van der Waals surface area contributed by atoms with Crippen molar-refractivity contribution in [2.75, 3.05) is 0 Å². The molecule has 1 N–H and O–H groups in total. The maximum atomic E-state index is 12.0. The molecule has 0 amide bonds. The molecule has 0 atom stereocenters. The van der Waals surface area contributed by atoms with E-state index in [9.17, 15) is 4.79 Å². The molecule has 0 spiro atoms. The van der Waals surface area contributed by atoms with Gasteiger partial charge in [0.2, 0.25) is 0 Å². The van der Waals surface area contributed by atoms with Gasteiger partial charge in [0.1, 0.15) is 0 Å². The van der Waals surface area contributed by atoms with Crippen LogP contribution in [0.25, 0.3) is 0 Å². The van der Waals surface area contributed by atoms with Gasteiger partial charge in [0, 0.05) is 36.3 Å². The number of hydrogen-bond acceptors (Lipinski definition) is 3. The second-order valence-electron chi connectivity index (χ2n) is 4.77. The third-order valence-electron chi connectivity index (χ3n) is 2.99. The average Bonchev–Trinajstić information content (AvgIpc) is 2.47. The molecule has 0 aliphatic carbocycles. The lowest BCUT2D eigenvalue weighted by Gasteiger charge is -2.07. The average molecular weight is 266 g/mol. The van der Waals surface area contributed by atoms with E-state index in [4.69, 9.17) is 0 Å². The van der Waals surface area contributed by atoms with Crippen LogP contribution in [0.3, 0.4) is 0 Å². The summed E-state index contributed by atoms with van der Waals surface area (Å²) in [5.41, 5.74) is 3.88. The van der Waals surface area contributed by atoms with E-state index < -0.39 is 0 Å². The zero-order valence-corrected chi connectivity index (χ0v) is 11.8. The molecule has 2 aromatic rings. The van der Waals surface area contributed by atoms with Gasteiger partial charge in [-0.25, -0.2) is 0 Å². The van der Waals surface area contributed by atoms with Crippen molar-refractivity contribution in [3.63, 3.8) is 0 Å². The monoisotopic (exact) mass is 266 g/mol. The summed E-state index contributed by atoms with van der Waals surface area (Å²) in [5.74, 6) is -0.0352. The van der Waals surface area contributed by atoms with Crippen LogP contribution in [0.4, 0.5) is 0 Å². The van der Waals surface area contributed by atoms with E-state index in [0.717, 1.165) is 5.70 Å². The molecule has 1 heterocycles. The van der Waals surface area contributed by atoms with Crippen LogP contribution in [-0.4, -0.2) is 10.8 Å². The Morgan fingerprint density at radius 3 is 2.65 bits per heavy atom. The SMILES string of the molecule is C/C(=C\C(=O)c1cccnc1)NCc1ccc(C)cc1. The Hall–Kier alpha value is -2.42. The minimum atomic E-state index is -0.0352. The van der Waals surface area contributed by atoms with E-state index in [1.165, 1.54) is 11.1 Å². The fourth-order valence-corrected chi connectivity index (χ4v) is 1.79. The van der Waals surface area contributed by atoms with Crippen molar-refractivity contribution in [1.29, 1.82) is 0 Å². The molecule has 0 saturated heterocycles. The molecule has 1 aromatic carbocycles. The van der Waals surface area contributed by atoms with Gasteiger partial charge in [-0.3, -0.25) is 9.78 Å². The topological polar surface area (TPSA) is 42.0 Å². The van der Waals surface area contributed by atoms with Crippen LogP contribution in [0.15, 0.2) is 60.6 Å². The Balaban J connectivity index is 1.94. The van der Waals surface area contributed by atoms with Crippen molar-refractivity contribution >= 4 is 5.78 Å². The number of benzene rings is 1. The van der Waals surface area contributed by atoms with Crippen molar-refractivity contribution in [3.05, 3.63) is 77.3 Å². The molecular weight excluding hydrogens is 248 g/mol. The summed E-state index contributed by atoms with van der Waals surface area (Å²) in [6.07, 6.45) is 4.83. The Kier molecular flexibility index (Phi) is 4.66. The highest BCUT2D eigenvalue weighted by Crippen LogP contribution is 2.05. The smallest absolute Gasteiger partial charge is 0.189 e. The lowest BCUT2D eigenvalue weighted by atomic mass is 10.1. The van der Waals surface area contributed by atoms with Gasteiger partial charge in [0.25, 0.3) is 0 Å². The number of rotatable bonds is 5. The highest BCUT2D eigenvalue weighted by molar-refractivity contribution is 6.04. The Morgan fingerprint density at radius 1 is 1.25 bits per heavy atom. The third-order valence-corrected chi connectivity index (χ3v) is 2.99. The number of aryl methyl sites for hydroxylation is 1. The highest BCUT2D eigenvalue weighted by Gasteiger charge is 2.02. The van der Waals surface area contributed by atoms with Crippen LogP contribution in [0, 0.1) is 6.92 Å².